The molecule has 138 valence electrons. The molecule has 8 nitrogen and oxygen atoms in total. The van der Waals surface area contributed by atoms with Crippen LogP contribution in [0.4, 0.5) is 0 Å². The summed E-state index contributed by atoms with van der Waals surface area (Å²) in [6, 6.07) is 1.82. The van der Waals surface area contributed by atoms with Gasteiger partial charge in [-0.25, -0.2) is 9.97 Å². The van der Waals surface area contributed by atoms with Gasteiger partial charge in [0.1, 0.15) is 0 Å². The van der Waals surface area contributed by atoms with E-state index in [1.807, 2.05) is 6.07 Å². The molecule has 0 saturated carbocycles. The highest BCUT2D eigenvalue weighted by Gasteiger charge is 2.25. The van der Waals surface area contributed by atoms with Gasteiger partial charge in [0.25, 0.3) is 11.8 Å². The first kappa shape index (κ1) is 18.0. The van der Waals surface area contributed by atoms with E-state index in [4.69, 9.17) is 4.52 Å². The molecule has 1 saturated heterocycles. The summed E-state index contributed by atoms with van der Waals surface area (Å²) >= 11 is 0. The Morgan fingerprint density at radius 3 is 2.62 bits per heavy atom. The highest BCUT2D eigenvalue weighted by molar-refractivity contribution is 6.04. The predicted molar refractivity (Wildman–Crippen MR) is 93.5 cm³/mol. The molecule has 0 aliphatic carbocycles. The van der Waals surface area contributed by atoms with Gasteiger partial charge < -0.3 is 14.7 Å². The fourth-order valence-corrected chi connectivity index (χ4v) is 2.97. The second kappa shape index (κ2) is 8.55. The van der Waals surface area contributed by atoms with E-state index >= 15 is 0 Å². The molecule has 0 spiro atoms. The molecule has 0 atom stereocenters. The van der Waals surface area contributed by atoms with E-state index in [1.54, 1.807) is 4.90 Å². The van der Waals surface area contributed by atoms with Crippen LogP contribution in [-0.4, -0.2) is 44.9 Å². The Morgan fingerprint density at radius 2 is 1.88 bits per heavy atom. The number of likely N-dealkylation sites (tertiary alicyclic amines) is 1. The lowest BCUT2D eigenvalue weighted by Gasteiger charge is -2.26. The SMILES string of the molecule is CCCc1cc(CNC(=O)c2nccnc2C(=O)N2CCCCC2)on1. The van der Waals surface area contributed by atoms with Crippen molar-refractivity contribution in [2.24, 2.45) is 0 Å². The van der Waals surface area contributed by atoms with E-state index in [0.29, 0.717) is 18.8 Å². The molecule has 1 N–H and O–H groups in total. The van der Waals surface area contributed by atoms with Gasteiger partial charge in [0.2, 0.25) is 0 Å². The summed E-state index contributed by atoms with van der Waals surface area (Å²) in [7, 11) is 0. The Labute approximate surface area is 152 Å². The van der Waals surface area contributed by atoms with Crippen LogP contribution >= 0.6 is 0 Å². The van der Waals surface area contributed by atoms with Crippen molar-refractivity contribution in [3.05, 3.63) is 41.3 Å². The van der Waals surface area contributed by atoms with E-state index in [2.05, 4.69) is 27.4 Å². The van der Waals surface area contributed by atoms with Crippen molar-refractivity contribution < 1.29 is 14.1 Å². The minimum absolute atomic E-state index is 0.0383. The molecule has 2 amide bonds. The third-order valence-electron chi connectivity index (χ3n) is 4.30. The molecule has 0 unspecified atom stereocenters. The number of aryl methyl sites for hydroxylation is 1. The highest BCUT2D eigenvalue weighted by Crippen LogP contribution is 2.14. The van der Waals surface area contributed by atoms with Crippen molar-refractivity contribution in [1.29, 1.82) is 0 Å². The minimum Gasteiger partial charge on any atom is -0.359 e. The van der Waals surface area contributed by atoms with Crippen LogP contribution in [0.2, 0.25) is 0 Å². The van der Waals surface area contributed by atoms with Crippen molar-refractivity contribution in [1.82, 2.24) is 25.3 Å². The van der Waals surface area contributed by atoms with E-state index in [1.165, 1.54) is 12.4 Å². The first-order valence-electron chi connectivity index (χ1n) is 9.02. The Morgan fingerprint density at radius 1 is 1.15 bits per heavy atom. The smallest absolute Gasteiger partial charge is 0.274 e. The molecule has 2 aromatic rings. The Hall–Kier alpha value is -2.77. The maximum atomic E-state index is 12.7. The zero-order chi connectivity index (χ0) is 18.4. The molecule has 0 bridgehead atoms. The summed E-state index contributed by atoms with van der Waals surface area (Å²) < 4.78 is 5.20. The summed E-state index contributed by atoms with van der Waals surface area (Å²) in [6.45, 7) is 3.62. The number of nitrogens with zero attached hydrogens (tertiary/aromatic N) is 4. The number of rotatable bonds is 6. The van der Waals surface area contributed by atoms with E-state index in [-0.39, 0.29) is 23.8 Å². The summed E-state index contributed by atoms with van der Waals surface area (Å²) in [5, 5.41) is 6.67. The maximum Gasteiger partial charge on any atom is 0.274 e. The lowest BCUT2D eigenvalue weighted by atomic mass is 10.1. The lowest BCUT2D eigenvalue weighted by molar-refractivity contribution is 0.0711. The van der Waals surface area contributed by atoms with Gasteiger partial charge in [-0.1, -0.05) is 18.5 Å². The van der Waals surface area contributed by atoms with Crippen LogP contribution in [0.5, 0.6) is 0 Å². The van der Waals surface area contributed by atoms with E-state index < -0.39 is 5.91 Å². The van der Waals surface area contributed by atoms with Crippen LogP contribution in [0.1, 0.15) is 65.0 Å². The number of carbonyl (C=O) groups excluding carboxylic acids is 2. The van der Waals surface area contributed by atoms with Crippen LogP contribution in [0.15, 0.2) is 23.0 Å². The first-order valence-corrected chi connectivity index (χ1v) is 9.02. The van der Waals surface area contributed by atoms with Crippen molar-refractivity contribution in [3.8, 4) is 0 Å². The topological polar surface area (TPSA) is 101 Å². The monoisotopic (exact) mass is 357 g/mol. The van der Waals surface area contributed by atoms with Crippen LogP contribution in [0.25, 0.3) is 0 Å². The maximum absolute atomic E-state index is 12.7. The summed E-state index contributed by atoms with van der Waals surface area (Å²) in [6.07, 6.45) is 7.71. The van der Waals surface area contributed by atoms with Gasteiger partial charge in [0.05, 0.1) is 12.2 Å². The molecule has 3 rings (SSSR count). The van der Waals surface area contributed by atoms with Gasteiger partial charge >= 0.3 is 0 Å². The summed E-state index contributed by atoms with van der Waals surface area (Å²) in [4.78, 5) is 35.1. The zero-order valence-electron chi connectivity index (χ0n) is 14.9. The highest BCUT2D eigenvalue weighted by atomic mass is 16.5. The molecule has 3 heterocycles. The molecule has 8 heteroatoms. The zero-order valence-corrected chi connectivity index (χ0v) is 14.9. The van der Waals surface area contributed by atoms with Gasteiger partial charge in [-0.3, -0.25) is 9.59 Å². The van der Waals surface area contributed by atoms with Gasteiger partial charge in [-0.15, -0.1) is 0 Å². The van der Waals surface area contributed by atoms with Crippen molar-refractivity contribution in [2.75, 3.05) is 13.1 Å². The molecular formula is C18H23N5O3. The molecule has 0 aromatic carbocycles. The standard InChI is InChI=1S/C18H23N5O3/c1-2-6-13-11-14(26-22-13)12-21-17(24)15-16(20-8-7-19-15)18(25)23-9-4-3-5-10-23/h7-8,11H,2-6,9-10,12H2,1H3,(H,21,24). The second-order valence-electron chi connectivity index (χ2n) is 6.32. The fourth-order valence-electron chi connectivity index (χ4n) is 2.97. The molecule has 26 heavy (non-hydrogen) atoms. The first-order chi connectivity index (χ1) is 12.7. The average molecular weight is 357 g/mol. The number of nitrogens with one attached hydrogen (secondary N) is 1. The Kier molecular flexibility index (Phi) is 5.93. The molecule has 1 aliphatic heterocycles. The average Bonchev–Trinajstić information content (AvgIpc) is 3.14. The third kappa shape index (κ3) is 4.25. The van der Waals surface area contributed by atoms with E-state index in [9.17, 15) is 9.59 Å². The minimum atomic E-state index is -0.452. The largest absolute Gasteiger partial charge is 0.359 e. The van der Waals surface area contributed by atoms with Crippen LogP contribution < -0.4 is 5.32 Å². The van der Waals surface area contributed by atoms with Crippen molar-refractivity contribution in [3.63, 3.8) is 0 Å². The van der Waals surface area contributed by atoms with Gasteiger partial charge in [0, 0.05) is 31.5 Å². The second-order valence-corrected chi connectivity index (χ2v) is 6.32. The van der Waals surface area contributed by atoms with E-state index in [0.717, 1.165) is 37.8 Å². The lowest BCUT2D eigenvalue weighted by Crippen LogP contribution is -2.38. The normalized spacial score (nSPS) is 14.3. The quantitative estimate of drug-likeness (QED) is 0.848. The number of hydrogen-bond acceptors (Lipinski definition) is 6. The van der Waals surface area contributed by atoms with Crippen molar-refractivity contribution in [2.45, 2.75) is 45.6 Å². The Bertz CT molecular complexity index is 768. The summed E-state index contributed by atoms with van der Waals surface area (Å²) in [5.74, 6) is -0.130. The van der Waals surface area contributed by atoms with Crippen LogP contribution in [0.3, 0.4) is 0 Å². The number of aromatic nitrogens is 3. The van der Waals surface area contributed by atoms with Gasteiger partial charge in [-0.05, 0) is 25.7 Å². The molecular weight excluding hydrogens is 334 g/mol. The summed E-state index contributed by atoms with van der Waals surface area (Å²) in [5.41, 5.74) is 0.990. The third-order valence-corrected chi connectivity index (χ3v) is 4.30. The molecule has 0 radical (unpaired) electrons. The number of amides is 2. The van der Waals surface area contributed by atoms with Gasteiger partial charge in [0.15, 0.2) is 17.1 Å². The van der Waals surface area contributed by atoms with Crippen LogP contribution in [-0.2, 0) is 13.0 Å². The predicted octanol–water partition coefficient (Wildman–Crippen LogP) is 1.97. The fraction of sp³-hybridized carbons (Fsp3) is 0.500. The molecule has 1 fully saturated rings. The van der Waals surface area contributed by atoms with Crippen molar-refractivity contribution >= 4 is 11.8 Å². The molecule has 2 aromatic heterocycles. The number of piperidine rings is 1. The van der Waals surface area contributed by atoms with Crippen LogP contribution in [0, 0.1) is 0 Å². The number of hydrogen-bond donors (Lipinski definition) is 1. The number of carbonyl (C=O) groups is 2. The molecule has 1 aliphatic rings. The Balaban J connectivity index is 1.67. The van der Waals surface area contributed by atoms with Gasteiger partial charge in [-0.2, -0.15) is 0 Å².